The van der Waals surface area contributed by atoms with Gasteiger partial charge in [0, 0.05) is 5.92 Å². The Hall–Kier alpha value is -2.00. The Bertz CT molecular complexity index is 595. The number of hydrogen-bond donors (Lipinski definition) is 1. The van der Waals surface area contributed by atoms with Gasteiger partial charge in [0.15, 0.2) is 0 Å². The monoisotopic (exact) mass is 327 g/mol. The van der Waals surface area contributed by atoms with Crippen molar-refractivity contribution in [1.82, 2.24) is 0 Å². The first kappa shape index (κ1) is 18.3. The fourth-order valence-corrected chi connectivity index (χ4v) is 2.64. The Morgan fingerprint density at radius 2 is 1.54 bits per heavy atom. The minimum atomic E-state index is 0.289. The average Bonchev–Trinajstić information content (AvgIpc) is 2.64. The largest absolute Gasteiger partial charge is 0.494 e. The topological polar surface area (TPSA) is 44.5 Å². The van der Waals surface area contributed by atoms with Crippen LogP contribution in [-0.4, -0.2) is 19.8 Å². The van der Waals surface area contributed by atoms with Crippen molar-refractivity contribution >= 4 is 0 Å². The Morgan fingerprint density at radius 1 is 0.875 bits per heavy atom. The predicted octanol–water partition coefficient (Wildman–Crippen LogP) is 4.55. The normalized spacial score (nSPS) is 12.0. The molecule has 0 aliphatic carbocycles. The van der Waals surface area contributed by atoms with Gasteiger partial charge >= 0.3 is 0 Å². The lowest BCUT2D eigenvalue weighted by Crippen LogP contribution is -2.15. The molecular formula is C21H29NO2. The molecule has 0 heterocycles. The molecule has 0 aromatic heterocycles. The van der Waals surface area contributed by atoms with Crippen molar-refractivity contribution in [2.45, 2.75) is 39.0 Å². The average molecular weight is 327 g/mol. The first-order valence-electron chi connectivity index (χ1n) is 8.91. The molecule has 2 N–H and O–H groups in total. The molecule has 24 heavy (non-hydrogen) atoms. The van der Waals surface area contributed by atoms with E-state index in [9.17, 15) is 0 Å². The second-order valence-electron chi connectivity index (χ2n) is 6.05. The fraction of sp³-hybridized carbons (Fsp3) is 0.429. The third kappa shape index (κ3) is 5.57. The third-order valence-electron chi connectivity index (χ3n) is 3.97. The highest BCUT2D eigenvalue weighted by atomic mass is 16.5. The molecule has 0 radical (unpaired) electrons. The molecule has 0 fully saturated rings. The van der Waals surface area contributed by atoms with Gasteiger partial charge in [-0.1, -0.05) is 38.1 Å². The van der Waals surface area contributed by atoms with Crippen molar-refractivity contribution in [3.63, 3.8) is 0 Å². The van der Waals surface area contributed by atoms with Crippen LogP contribution in [0.4, 0.5) is 0 Å². The lowest BCUT2D eigenvalue weighted by molar-refractivity contribution is 0.317. The van der Waals surface area contributed by atoms with Crippen molar-refractivity contribution in [1.29, 1.82) is 0 Å². The summed E-state index contributed by atoms with van der Waals surface area (Å²) < 4.78 is 11.4. The molecular weight excluding hydrogens is 298 g/mol. The van der Waals surface area contributed by atoms with Gasteiger partial charge in [-0.25, -0.2) is 0 Å². The molecule has 2 rings (SSSR count). The van der Waals surface area contributed by atoms with Crippen LogP contribution in [0.2, 0.25) is 0 Å². The lowest BCUT2D eigenvalue weighted by atomic mass is 9.92. The first-order valence-corrected chi connectivity index (χ1v) is 8.91. The molecule has 3 nitrogen and oxygen atoms in total. The van der Waals surface area contributed by atoms with Crippen molar-refractivity contribution in [3.8, 4) is 11.5 Å². The summed E-state index contributed by atoms with van der Waals surface area (Å²) in [6, 6.07) is 16.6. The van der Waals surface area contributed by atoms with Gasteiger partial charge in [0.25, 0.3) is 0 Å². The second kappa shape index (κ2) is 9.99. The highest BCUT2D eigenvalue weighted by Gasteiger charge is 2.12. The lowest BCUT2D eigenvalue weighted by Gasteiger charge is -2.17. The Labute approximate surface area is 145 Å². The molecule has 1 unspecified atom stereocenters. The number of benzene rings is 2. The van der Waals surface area contributed by atoms with Crippen LogP contribution >= 0.6 is 0 Å². The van der Waals surface area contributed by atoms with Gasteiger partial charge in [0.2, 0.25) is 0 Å². The van der Waals surface area contributed by atoms with Crippen molar-refractivity contribution in [2.75, 3.05) is 19.8 Å². The summed E-state index contributed by atoms with van der Waals surface area (Å²) in [5, 5.41) is 0. The smallest absolute Gasteiger partial charge is 0.119 e. The molecule has 0 bridgehead atoms. The summed E-state index contributed by atoms with van der Waals surface area (Å²) in [5.41, 5.74) is 8.54. The summed E-state index contributed by atoms with van der Waals surface area (Å²) in [6.07, 6.45) is 2.95. The molecule has 0 saturated carbocycles. The van der Waals surface area contributed by atoms with Crippen molar-refractivity contribution in [2.24, 2.45) is 5.73 Å². The first-order chi connectivity index (χ1) is 11.8. The van der Waals surface area contributed by atoms with Crippen LogP contribution in [0, 0.1) is 0 Å². The van der Waals surface area contributed by atoms with E-state index in [-0.39, 0.29) is 5.92 Å². The molecule has 0 aliphatic rings. The van der Waals surface area contributed by atoms with Crippen LogP contribution < -0.4 is 15.2 Å². The number of rotatable bonds is 10. The second-order valence-corrected chi connectivity index (χ2v) is 6.05. The van der Waals surface area contributed by atoms with E-state index in [0.29, 0.717) is 6.54 Å². The van der Waals surface area contributed by atoms with Crippen LogP contribution in [0.3, 0.4) is 0 Å². The van der Waals surface area contributed by atoms with E-state index in [4.69, 9.17) is 15.2 Å². The third-order valence-corrected chi connectivity index (χ3v) is 3.97. The molecule has 3 heteroatoms. The van der Waals surface area contributed by atoms with Gasteiger partial charge in [-0.3, -0.25) is 0 Å². The standard InChI is InChI=1S/C21H29NO2/c1-3-12-23-20-10-8-17(9-11-20)14-19(16-22)18-6-5-7-21(15-18)24-13-4-2/h5-11,15,19H,3-4,12-14,16,22H2,1-2H3. The predicted molar refractivity (Wildman–Crippen MR) is 100.0 cm³/mol. The van der Waals surface area contributed by atoms with E-state index < -0.39 is 0 Å². The van der Waals surface area contributed by atoms with E-state index in [0.717, 1.165) is 44.0 Å². The molecule has 130 valence electrons. The van der Waals surface area contributed by atoms with E-state index in [2.05, 4.69) is 38.1 Å². The van der Waals surface area contributed by atoms with E-state index in [1.54, 1.807) is 0 Å². The summed E-state index contributed by atoms with van der Waals surface area (Å²) in [4.78, 5) is 0. The maximum Gasteiger partial charge on any atom is 0.119 e. The van der Waals surface area contributed by atoms with E-state index in [1.165, 1.54) is 11.1 Å². The zero-order valence-corrected chi connectivity index (χ0v) is 14.8. The quantitative estimate of drug-likeness (QED) is 0.696. The number of nitrogens with two attached hydrogens (primary N) is 1. The maximum absolute atomic E-state index is 6.03. The molecule has 2 aromatic rings. The SMILES string of the molecule is CCCOc1ccc(CC(CN)c2cccc(OCCC)c2)cc1. The summed E-state index contributed by atoms with van der Waals surface area (Å²) in [5.74, 6) is 2.15. The van der Waals surface area contributed by atoms with E-state index >= 15 is 0 Å². The molecule has 0 saturated heterocycles. The van der Waals surface area contributed by atoms with Gasteiger partial charge in [-0.2, -0.15) is 0 Å². The zero-order chi connectivity index (χ0) is 17.2. The van der Waals surface area contributed by atoms with Crippen LogP contribution in [0.25, 0.3) is 0 Å². The Kier molecular flexibility index (Phi) is 7.63. The van der Waals surface area contributed by atoms with Crippen molar-refractivity contribution in [3.05, 3.63) is 59.7 Å². The van der Waals surface area contributed by atoms with Crippen LogP contribution in [0.1, 0.15) is 43.7 Å². The molecule has 0 aliphatic heterocycles. The highest BCUT2D eigenvalue weighted by molar-refractivity contribution is 5.34. The van der Waals surface area contributed by atoms with Gasteiger partial charge < -0.3 is 15.2 Å². The molecule has 0 spiro atoms. The summed E-state index contributed by atoms with van der Waals surface area (Å²) >= 11 is 0. The maximum atomic E-state index is 6.03. The fourth-order valence-electron chi connectivity index (χ4n) is 2.64. The molecule has 1 atom stereocenters. The molecule has 0 amide bonds. The minimum absolute atomic E-state index is 0.289. The Balaban J connectivity index is 2.03. The molecule has 2 aromatic carbocycles. The number of ether oxygens (including phenoxy) is 2. The zero-order valence-electron chi connectivity index (χ0n) is 14.8. The van der Waals surface area contributed by atoms with Crippen LogP contribution in [0.15, 0.2) is 48.5 Å². The van der Waals surface area contributed by atoms with E-state index in [1.807, 2.05) is 24.3 Å². The summed E-state index contributed by atoms with van der Waals surface area (Å²) in [7, 11) is 0. The van der Waals surface area contributed by atoms with Crippen molar-refractivity contribution < 1.29 is 9.47 Å². The van der Waals surface area contributed by atoms with Gasteiger partial charge in [-0.05, 0) is 61.2 Å². The Morgan fingerprint density at radius 3 is 2.17 bits per heavy atom. The van der Waals surface area contributed by atoms with Crippen LogP contribution in [-0.2, 0) is 6.42 Å². The minimum Gasteiger partial charge on any atom is -0.494 e. The number of hydrogen-bond acceptors (Lipinski definition) is 3. The van der Waals surface area contributed by atoms with Crippen LogP contribution in [0.5, 0.6) is 11.5 Å². The van der Waals surface area contributed by atoms with Gasteiger partial charge in [0.1, 0.15) is 11.5 Å². The summed E-state index contributed by atoms with van der Waals surface area (Å²) in [6.45, 7) is 6.34. The van der Waals surface area contributed by atoms with Gasteiger partial charge in [-0.15, -0.1) is 0 Å². The van der Waals surface area contributed by atoms with Gasteiger partial charge in [0.05, 0.1) is 13.2 Å². The highest BCUT2D eigenvalue weighted by Crippen LogP contribution is 2.25.